The van der Waals surface area contributed by atoms with Gasteiger partial charge < -0.3 is 4.74 Å². The average Bonchev–Trinajstić information content (AvgIpc) is 2.00. The summed E-state index contributed by atoms with van der Waals surface area (Å²) in [6.07, 6.45) is 6.57. The van der Waals surface area contributed by atoms with Gasteiger partial charge in [-0.1, -0.05) is 13.8 Å². The van der Waals surface area contributed by atoms with E-state index in [0.717, 1.165) is 11.8 Å². The van der Waals surface area contributed by atoms with Gasteiger partial charge in [-0.3, -0.25) is 0 Å². The first-order valence-corrected chi connectivity index (χ1v) is 6.14. The van der Waals surface area contributed by atoms with E-state index >= 15 is 0 Å². The minimum absolute atomic E-state index is 0.180. The summed E-state index contributed by atoms with van der Waals surface area (Å²) in [4.78, 5) is 0. The summed E-state index contributed by atoms with van der Waals surface area (Å²) in [6, 6.07) is 0. The maximum absolute atomic E-state index is 6.37. The van der Waals surface area contributed by atoms with Gasteiger partial charge in [0.1, 0.15) is 0 Å². The lowest BCUT2D eigenvalue weighted by atomic mass is 9.66. The van der Waals surface area contributed by atoms with E-state index in [-0.39, 0.29) is 11.2 Å². The first kappa shape index (κ1) is 10.5. The standard InChI is InChI=1S/C13H24O/c1-10(2)9-13(4)11-5-7-12(3,14-13)8-6-11/h10-11H,5-9H2,1-4H3. The van der Waals surface area contributed by atoms with Crippen LogP contribution in [0.25, 0.3) is 0 Å². The summed E-state index contributed by atoms with van der Waals surface area (Å²) in [7, 11) is 0. The Labute approximate surface area is 88.2 Å². The Balaban J connectivity index is 2.13. The summed E-state index contributed by atoms with van der Waals surface area (Å²) >= 11 is 0. The van der Waals surface area contributed by atoms with Crippen LogP contribution in [0.15, 0.2) is 0 Å². The zero-order valence-electron chi connectivity index (χ0n) is 10.1. The summed E-state index contributed by atoms with van der Waals surface area (Å²) in [5.74, 6) is 1.58. The second kappa shape index (κ2) is 3.23. The first-order chi connectivity index (χ1) is 6.44. The van der Waals surface area contributed by atoms with Gasteiger partial charge in [0.05, 0.1) is 11.2 Å². The van der Waals surface area contributed by atoms with Crippen LogP contribution in [0.4, 0.5) is 0 Å². The number of fused-ring (bicyclic) bond motifs is 3. The van der Waals surface area contributed by atoms with Crippen LogP contribution in [-0.2, 0) is 4.74 Å². The van der Waals surface area contributed by atoms with Crippen LogP contribution < -0.4 is 0 Å². The molecule has 14 heavy (non-hydrogen) atoms. The van der Waals surface area contributed by atoms with E-state index in [1.807, 2.05) is 0 Å². The molecule has 1 saturated carbocycles. The zero-order chi connectivity index (χ0) is 10.4. The van der Waals surface area contributed by atoms with Crippen molar-refractivity contribution in [2.24, 2.45) is 11.8 Å². The van der Waals surface area contributed by atoms with Crippen molar-refractivity contribution in [3.8, 4) is 0 Å². The fraction of sp³-hybridized carbons (Fsp3) is 1.00. The molecule has 0 radical (unpaired) electrons. The van der Waals surface area contributed by atoms with Crippen molar-refractivity contribution in [1.29, 1.82) is 0 Å². The van der Waals surface area contributed by atoms with Crippen molar-refractivity contribution in [2.45, 2.75) is 71.0 Å². The van der Waals surface area contributed by atoms with Gasteiger partial charge in [-0.05, 0) is 57.8 Å². The molecule has 2 saturated heterocycles. The highest BCUT2D eigenvalue weighted by atomic mass is 16.5. The Kier molecular flexibility index (Phi) is 2.42. The summed E-state index contributed by atoms with van der Waals surface area (Å²) in [6.45, 7) is 9.26. The lowest BCUT2D eigenvalue weighted by Gasteiger charge is -2.56. The van der Waals surface area contributed by atoms with E-state index in [1.54, 1.807) is 0 Å². The molecule has 0 amide bonds. The van der Waals surface area contributed by atoms with Gasteiger partial charge in [-0.2, -0.15) is 0 Å². The molecule has 1 aliphatic carbocycles. The Hall–Kier alpha value is -0.0400. The fourth-order valence-corrected chi connectivity index (χ4v) is 3.61. The molecule has 3 rings (SSSR count). The van der Waals surface area contributed by atoms with Crippen molar-refractivity contribution in [3.05, 3.63) is 0 Å². The smallest absolute Gasteiger partial charge is 0.0692 e. The minimum Gasteiger partial charge on any atom is -0.369 e. The van der Waals surface area contributed by atoms with Gasteiger partial charge in [-0.15, -0.1) is 0 Å². The maximum Gasteiger partial charge on any atom is 0.0692 e. The number of hydrogen-bond donors (Lipinski definition) is 0. The molecule has 1 unspecified atom stereocenters. The summed E-state index contributed by atoms with van der Waals surface area (Å²) in [5, 5.41) is 0. The Morgan fingerprint density at radius 3 is 2.21 bits per heavy atom. The molecule has 2 aliphatic heterocycles. The molecule has 2 heterocycles. The fourth-order valence-electron chi connectivity index (χ4n) is 3.61. The summed E-state index contributed by atoms with van der Waals surface area (Å²) in [5.41, 5.74) is 0.387. The van der Waals surface area contributed by atoms with Crippen LogP contribution in [0, 0.1) is 11.8 Å². The van der Waals surface area contributed by atoms with Gasteiger partial charge in [0.15, 0.2) is 0 Å². The topological polar surface area (TPSA) is 9.23 Å². The average molecular weight is 196 g/mol. The van der Waals surface area contributed by atoms with E-state index in [0.29, 0.717) is 0 Å². The van der Waals surface area contributed by atoms with Crippen molar-refractivity contribution in [2.75, 3.05) is 0 Å². The van der Waals surface area contributed by atoms with E-state index < -0.39 is 0 Å². The molecular weight excluding hydrogens is 172 g/mol. The van der Waals surface area contributed by atoms with Crippen LogP contribution in [0.1, 0.15) is 59.8 Å². The SMILES string of the molecule is CC(C)CC1(C)OC2(C)CCC1CC2. The van der Waals surface area contributed by atoms with Crippen LogP contribution in [0.2, 0.25) is 0 Å². The van der Waals surface area contributed by atoms with Gasteiger partial charge in [0.2, 0.25) is 0 Å². The molecular formula is C13H24O. The van der Waals surface area contributed by atoms with Gasteiger partial charge in [0, 0.05) is 0 Å². The number of ether oxygens (including phenoxy) is 1. The lowest BCUT2D eigenvalue weighted by molar-refractivity contribution is -0.243. The summed E-state index contributed by atoms with van der Waals surface area (Å²) < 4.78 is 6.37. The normalized spacial score (nSPS) is 47.4. The van der Waals surface area contributed by atoms with Crippen molar-refractivity contribution >= 4 is 0 Å². The molecule has 3 aliphatic rings. The largest absolute Gasteiger partial charge is 0.369 e. The maximum atomic E-state index is 6.37. The molecule has 3 fully saturated rings. The predicted molar refractivity (Wildman–Crippen MR) is 59.3 cm³/mol. The van der Waals surface area contributed by atoms with E-state index in [9.17, 15) is 0 Å². The molecule has 0 aromatic heterocycles. The number of hydrogen-bond acceptors (Lipinski definition) is 1. The van der Waals surface area contributed by atoms with Crippen LogP contribution in [0.5, 0.6) is 0 Å². The molecule has 1 heteroatoms. The highest BCUT2D eigenvalue weighted by molar-refractivity contribution is 5.00. The van der Waals surface area contributed by atoms with Crippen molar-refractivity contribution in [1.82, 2.24) is 0 Å². The Bertz CT molecular complexity index is 213. The molecule has 0 N–H and O–H groups in total. The van der Waals surface area contributed by atoms with Crippen molar-refractivity contribution < 1.29 is 4.74 Å². The van der Waals surface area contributed by atoms with Gasteiger partial charge in [-0.25, -0.2) is 0 Å². The second-order valence-corrected chi connectivity index (χ2v) is 6.24. The monoisotopic (exact) mass is 196 g/mol. The Morgan fingerprint density at radius 2 is 1.79 bits per heavy atom. The molecule has 1 nitrogen and oxygen atoms in total. The Morgan fingerprint density at radius 1 is 1.21 bits per heavy atom. The third-order valence-corrected chi connectivity index (χ3v) is 4.20. The van der Waals surface area contributed by atoms with Gasteiger partial charge in [0.25, 0.3) is 0 Å². The third kappa shape index (κ3) is 1.71. The van der Waals surface area contributed by atoms with E-state index in [4.69, 9.17) is 4.74 Å². The first-order valence-electron chi connectivity index (χ1n) is 6.14. The highest BCUT2D eigenvalue weighted by Gasteiger charge is 2.50. The van der Waals surface area contributed by atoms with Crippen molar-refractivity contribution in [3.63, 3.8) is 0 Å². The molecule has 0 aromatic carbocycles. The second-order valence-electron chi connectivity index (χ2n) is 6.24. The molecule has 0 aromatic rings. The van der Waals surface area contributed by atoms with Crippen LogP contribution in [-0.4, -0.2) is 11.2 Å². The van der Waals surface area contributed by atoms with E-state index in [1.165, 1.54) is 32.1 Å². The van der Waals surface area contributed by atoms with Crippen LogP contribution >= 0.6 is 0 Å². The predicted octanol–water partition coefficient (Wildman–Crippen LogP) is 3.77. The lowest BCUT2D eigenvalue weighted by Crippen LogP contribution is -2.55. The zero-order valence-corrected chi connectivity index (χ0v) is 10.1. The van der Waals surface area contributed by atoms with Gasteiger partial charge >= 0.3 is 0 Å². The number of rotatable bonds is 2. The molecule has 0 spiro atoms. The van der Waals surface area contributed by atoms with E-state index in [2.05, 4.69) is 27.7 Å². The molecule has 1 atom stereocenters. The highest BCUT2D eigenvalue weighted by Crippen LogP contribution is 2.51. The molecule has 2 bridgehead atoms. The van der Waals surface area contributed by atoms with Crippen LogP contribution in [0.3, 0.4) is 0 Å². The third-order valence-electron chi connectivity index (χ3n) is 4.20. The minimum atomic E-state index is 0.180. The molecule has 82 valence electrons. The quantitative estimate of drug-likeness (QED) is 0.653.